The van der Waals surface area contributed by atoms with Crippen molar-refractivity contribution in [2.75, 3.05) is 0 Å². The SMILES string of the molecule is Cc1ccc(/C=N/[n+]2ccccc2)cc1.F[B-](F)(F)F. The first-order valence-corrected chi connectivity index (χ1v) is 5.79. The van der Waals surface area contributed by atoms with Gasteiger partial charge in [-0.25, -0.2) is 0 Å². The molecule has 2 aromatic rings. The van der Waals surface area contributed by atoms with Crippen LogP contribution in [0.3, 0.4) is 0 Å². The lowest BCUT2D eigenvalue weighted by Crippen LogP contribution is -2.25. The molecule has 0 atom stereocenters. The van der Waals surface area contributed by atoms with Gasteiger partial charge in [-0.2, -0.15) is 0 Å². The predicted molar refractivity (Wildman–Crippen MR) is 71.0 cm³/mol. The number of aryl methyl sites for hydroxylation is 1. The summed E-state index contributed by atoms with van der Waals surface area (Å²) in [7, 11) is -6.00. The molecule has 0 aliphatic carbocycles. The van der Waals surface area contributed by atoms with E-state index >= 15 is 0 Å². The van der Waals surface area contributed by atoms with Gasteiger partial charge < -0.3 is 17.3 Å². The second-order valence-corrected chi connectivity index (χ2v) is 3.91. The maximum Gasteiger partial charge on any atom is 0.673 e. The van der Waals surface area contributed by atoms with Crippen LogP contribution in [0.2, 0.25) is 0 Å². The van der Waals surface area contributed by atoms with Crippen LogP contribution in [0.4, 0.5) is 17.3 Å². The van der Waals surface area contributed by atoms with Gasteiger partial charge in [0.1, 0.15) is 6.21 Å². The minimum absolute atomic E-state index is 1.11. The highest BCUT2D eigenvalue weighted by Crippen LogP contribution is 2.06. The number of rotatable bonds is 2. The molecule has 0 saturated carbocycles. The zero-order chi connectivity index (χ0) is 15.0. The maximum absolute atomic E-state index is 9.75. The van der Waals surface area contributed by atoms with E-state index in [1.807, 2.05) is 36.8 Å². The molecule has 0 bridgehead atoms. The van der Waals surface area contributed by atoms with Crippen molar-refractivity contribution >= 4 is 13.5 Å². The van der Waals surface area contributed by atoms with E-state index in [1.165, 1.54) is 5.56 Å². The molecular weight excluding hydrogens is 271 g/mol. The van der Waals surface area contributed by atoms with E-state index in [2.05, 4.69) is 36.3 Å². The molecule has 0 spiro atoms. The summed E-state index contributed by atoms with van der Waals surface area (Å²) in [5.74, 6) is 0. The van der Waals surface area contributed by atoms with Crippen molar-refractivity contribution in [3.05, 3.63) is 66.0 Å². The maximum atomic E-state index is 9.75. The summed E-state index contributed by atoms with van der Waals surface area (Å²) < 4.78 is 40.8. The third-order valence-electron chi connectivity index (χ3n) is 2.12. The van der Waals surface area contributed by atoms with Gasteiger partial charge in [-0.05, 0) is 17.6 Å². The van der Waals surface area contributed by atoms with E-state index in [1.54, 1.807) is 4.68 Å². The molecule has 0 N–H and O–H groups in total. The standard InChI is InChI=1S/C13H13N2.BF4/c1-12-5-7-13(8-6-12)11-14-15-9-3-2-4-10-15;2-1(3,4)5/h2-11H,1H3;/q+1;-1/b14-11+;. The summed E-state index contributed by atoms with van der Waals surface area (Å²) in [5, 5.41) is 4.30. The van der Waals surface area contributed by atoms with E-state index in [0.717, 1.165) is 5.56 Å². The summed E-state index contributed by atoms with van der Waals surface area (Å²) in [6.45, 7) is 2.08. The van der Waals surface area contributed by atoms with E-state index < -0.39 is 7.25 Å². The molecule has 0 fully saturated rings. The van der Waals surface area contributed by atoms with Crippen LogP contribution in [-0.2, 0) is 0 Å². The largest absolute Gasteiger partial charge is 0.673 e. The number of pyridine rings is 1. The van der Waals surface area contributed by atoms with Crippen LogP contribution in [0.25, 0.3) is 0 Å². The second-order valence-electron chi connectivity index (χ2n) is 3.91. The molecule has 2 nitrogen and oxygen atoms in total. The van der Waals surface area contributed by atoms with E-state index in [9.17, 15) is 17.3 Å². The van der Waals surface area contributed by atoms with E-state index in [0.29, 0.717) is 0 Å². The fraction of sp³-hybridized carbons (Fsp3) is 0.0769. The van der Waals surface area contributed by atoms with E-state index in [-0.39, 0.29) is 0 Å². The topological polar surface area (TPSA) is 16.2 Å². The zero-order valence-corrected chi connectivity index (χ0v) is 10.8. The summed E-state index contributed by atoms with van der Waals surface area (Å²) in [5.41, 5.74) is 2.37. The number of hydrogen-bond donors (Lipinski definition) is 0. The minimum Gasteiger partial charge on any atom is -0.418 e. The van der Waals surface area contributed by atoms with Crippen molar-refractivity contribution in [2.24, 2.45) is 5.10 Å². The van der Waals surface area contributed by atoms with Crippen LogP contribution in [0.5, 0.6) is 0 Å². The summed E-state index contributed by atoms with van der Waals surface area (Å²) >= 11 is 0. The lowest BCUT2D eigenvalue weighted by molar-refractivity contribution is -0.678. The van der Waals surface area contributed by atoms with Gasteiger partial charge in [-0.3, -0.25) is 0 Å². The Morgan fingerprint density at radius 2 is 1.45 bits per heavy atom. The number of aromatic nitrogens is 1. The highest BCUT2D eigenvalue weighted by atomic mass is 19.5. The Labute approximate surface area is 114 Å². The molecule has 0 radical (unpaired) electrons. The average Bonchev–Trinajstić information content (AvgIpc) is 2.37. The van der Waals surface area contributed by atoms with Crippen molar-refractivity contribution in [1.82, 2.24) is 0 Å². The first kappa shape index (κ1) is 15.9. The monoisotopic (exact) mass is 284 g/mol. The third kappa shape index (κ3) is 8.02. The van der Waals surface area contributed by atoms with Crippen molar-refractivity contribution < 1.29 is 21.9 Å². The quantitative estimate of drug-likeness (QED) is 0.347. The fourth-order valence-corrected chi connectivity index (χ4v) is 1.25. The molecule has 0 aliphatic rings. The molecule has 7 heteroatoms. The summed E-state index contributed by atoms with van der Waals surface area (Å²) in [6.07, 6.45) is 5.66. The Morgan fingerprint density at radius 1 is 0.950 bits per heavy atom. The zero-order valence-electron chi connectivity index (χ0n) is 10.8. The van der Waals surface area contributed by atoms with Gasteiger partial charge >= 0.3 is 7.25 Å². The molecule has 1 aromatic heterocycles. The Kier molecular flexibility index (Phi) is 5.89. The van der Waals surface area contributed by atoms with Gasteiger partial charge in [0.05, 0.1) is 0 Å². The predicted octanol–water partition coefficient (Wildman–Crippen LogP) is 3.46. The fourth-order valence-electron chi connectivity index (χ4n) is 1.25. The van der Waals surface area contributed by atoms with Gasteiger partial charge in [0, 0.05) is 12.1 Å². The van der Waals surface area contributed by atoms with Gasteiger partial charge in [0.25, 0.3) is 0 Å². The van der Waals surface area contributed by atoms with Crippen LogP contribution in [0.15, 0.2) is 60.0 Å². The second kappa shape index (κ2) is 7.42. The van der Waals surface area contributed by atoms with Gasteiger partial charge in [-0.15, -0.1) is 0 Å². The van der Waals surface area contributed by atoms with Gasteiger partial charge in [0.15, 0.2) is 0 Å². The first-order chi connectivity index (χ1) is 9.34. The van der Waals surface area contributed by atoms with Crippen molar-refractivity contribution in [3.8, 4) is 0 Å². The first-order valence-electron chi connectivity index (χ1n) is 5.79. The van der Waals surface area contributed by atoms with E-state index in [4.69, 9.17) is 0 Å². The lowest BCUT2D eigenvalue weighted by atomic mass is 10.2. The molecule has 106 valence electrons. The smallest absolute Gasteiger partial charge is 0.418 e. The van der Waals surface area contributed by atoms with Crippen molar-refractivity contribution in [2.45, 2.75) is 6.92 Å². The minimum atomic E-state index is -6.00. The third-order valence-corrected chi connectivity index (χ3v) is 2.12. The molecule has 0 aliphatic heterocycles. The van der Waals surface area contributed by atoms with Crippen molar-refractivity contribution in [3.63, 3.8) is 0 Å². The molecule has 2 rings (SSSR count). The average molecular weight is 284 g/mol. The number of hydrogen-bond acceptors (Lipinski definition) is 1. The number of halogens is 4. The highest BCUT2D eigenvalue weighted by molar-refractivity contribution is 6.50. The van der Waals surface area contributed by atoms with Crippen molar-refractivity contribution in [1.29, 1.82) is 0 Å². The lowest BCUT2D eigenvalue weighted by Gasteiger charge is -1.94. The molecular formula is C13H13BF4N2. The van der Waals surface area contributed by atoms with Crippen LogP contribution in [0, 0.1) is 6.92 Å². The highest BCUT2D eigenvalue weighted by Gasteiger charge is 2.20. The number of nitrogens with zero attached hydrogens (tertiary/aromatic N) is 2. The van der Waals surface area contributed by atoms with Gasteiger partial charge in [0.2, 0.25) is 12.4 Å². The Bertz CT molecular complexity index is 533. The van der Waals surface area contributed by atoms with Gasteiger partial charge in [-0.1, -0.05) is 40.6 Å². The summed E-state index contributed by atoms with van der Waals surface area (Å²) in [6, 6.07) is 14.1. The van der Waals surface area contributed by atoms with Crippen LogP contribution in [-0.4, -0.2) is 13.5 Å². The summed E-state index contributed by atoms with van der Waals surface area (Å²) in [4.78, 5) is 0. The normalized spacial score (nSPS) is 11.1. The molecule has 0 amide bonds. The molecule has 1 aromatic carbocycles. The number of benzene rings is 1. The van der Waals surface area contributed by atoms with Crippen LogP contribution < -0.4 is 4.68 Å². The Balaban J connectivity index is 0.000000347. The Morgan fingerprint density at radius 3 is 1.95 bits per heavy atom. The molecule has 1 heterocycles. The molecule has 20 heavy (non-hydrogen) atoms. The van der Waals surface area contributed by atoms with Crippen LogP contribution >= 0.6 is 0 Å². The molecule has 0 unspecified atom stereocenters. The van der Waals surface area contributed by atoms with Crippen LogP contribution in [0.1, 0.15) is 11.1 Å². The molecule has 0 saturated heterocycles. The Hall–Kier alpha value is -2.18.